The fourth-order valence-corrected chi connectivity index (χ4v) is 4.77. The van der Waals surface area contributed by atoms with Crippen molar-refractivity contribution in [3.63, 3.8) is 0 Å². The van der Waals surface area contributed by atoms with Crippen molar-refractivity contribution < 1.29 is 4.92 Å². The highest BCUT2D eigenvalue weighted by Crippen LogP contribution is 2.39. The van der Waals surface area contributed by atoms with Crippen LogP contribution in [0.2, 0.25) is 5.02 Å². The third-order valence-electron chi connectivity index (χ3n) is 5.29. The van der Waals surface area contributed by atoms with E-state index in [2.05, 4.69) is 12.1 Å². The standard InChI is InChI=1S/C24H17ClN4O2S/c25-19-10-4-8-17(12-19)21-14-23(16-6-2-1-3-7-16)28(27-21)24-26-22(15-32-24)18-9-5-11-20(13-18)29(30)31/h1-13,15,23H,14H2. The minimum atomic E-state index is -0.399. The van der Waals surface area contributed by atoms with E-state index in [4.69, 9.17) is 21.7 Å². The normalized spacial score (nSPS) is 15.6. The number of nitro benzene ring substituents is 1. The molecule has 1 aliphatic rings. The fourth-order valence-electron chi connectivity index (χ4n) is 3.74. The van der Waals surface area contributed by atoms with E-state index >= 15 is 0 Å². The summed E-state index contributed by atoms with van der Waals surface area (Å²) in [6, 6.07) is 24.4. The van der Waals surface area contributed by atoms with Gasteiger partial charge in [-0.1, -0.05) is 66.2 Å². The molecule has 0 saturated carbocycles. The number of anilines is 1. The number of hydrogen-bond acceptors (Lipinski definition) is 6. The van der Waals surface area contributed by atoms with Crippen LogP contribution >= 0.6 is 22.9 Å². The van der Waals surface area contributed by atoms with Gasteiger partial charge >= 0.3 is 0 Å². The van der Waals surface area contributed by atoms with Crippen molar-refractivity contribution in [2.24, 2.45) is 5.10 Å². The predicted molar refractivity (Wildman–Crippen MR) is 128 cm³/mol. The first-order valence-corrected chi connectivity index (χ1v) is 11.2. The first-order chi connectivity index (χ1) is 15.6. The molecule has 0 radical (unpaired) electrons. The largest absolute Gasteiger partial charge is 0.270 e. The van der Waals surface area contributed by atoms with Crippen molar-refractivity contribution in [2.45, 2.75) is 12.5 Å². The Balaban J connectivity index is 1.53. The molecule has 32 heavy (non-hydrogen) atoms. The van der Waals surface area contributed by atoms with Gasteiger partial charge < -0.3 is 0 Å². The molecule has 6 nitrogen and oxygen atoms in total. The lowest BCUT2D eigenvalue weighted by molar-refractivity contribution is -0.384. The summed E-state index contributed by atoms with van der Waals surface area (Å²) in [7, 11) is 0. The van der Waals surface area contributed by atoms with Crippen molar-refractivity contribution in [3.05, 3.63) is 111 Å². The van der Waals surface area contributed by atoms with Crippen LogP contribution in [0.1, 0.15) is 23.6 Å². The molecular weight excluding hydrogens is 444 g/mol. The van der Waals surface area contributed by atoms with Crippen LogP contribution in [0.25, 0.3) is 11.3 Å². The lowest BCUT2D eigenvalue weighted by Gasteiger charge is -2.21. The lowest BCUT2D eigenvalue weighted by atomic mass is 9.99. The molecule has 3 aromatic carbocycles. The molecule has 0 aliphatic carbocycles. The van der Waals surface area contributed by atoms with Gasteiger partial charge in [0.05, 0.1) is 22.4 Å². The van der Waals surface area contributed by atoms with Crippen LogP contribution < -0.4 is 5.01 Å². The molecule has 2 heterocycles. The van der Waals surface area contributed by atoms with Crippen molar-refractivity contribution in [1.82, 2.24) is 4.98 Å². The van der Waals surface area contributed by atoms with Gasteiger partial charge in [0.15, 0.2) is 0 Å². The molecule has 8 heteroatoms. The zero-order valence-electron chi connectivity index (χ0n) is 16.8. The summed E-state index contributed by atoms with van der Waals surface area (Å²) in [6.07, 6.45) is 0.718. The molecule has 0 spiro atoms. The van der Waals surface area contributed by atoms with E-state index in [1.807, 2.05) is 58.9 Å². The Labute approximate surface area is 193 Å². The van der Waals surface area contributed by atoms with E-state index in [0.717, 1.165) is 28.4 Å². The molecule has 0 amide bonds. The van der Waals surface area contributed by atoms with Crippen LogP contribution in [0, 0.1) is 10.1 Å². The monoisotopic (exact) mass is 460 g/mol. The van der Waals surface area contributed by atoms with E-state index in [-0.39, 0.29) is 11.7 Å². The van der Waals surface area contributed by atoms with E-state index in [9.17, 15) is 10.1 Å². The van der Waals surface area contributed by atoms with Crippen LogP contribution in [-0.2, 0) is 0 Å². The molecule has 158 valence electrons. The Kier molecular flexibility index (Phi) is 5.43. The van der Waals surface area contributed by atoms with Gasteiger partial charge in [0.1, 0.15) is 0 Å². The molecule has 0 N–H and O–H groups in total. The Morgan fingerprint density at radius 2 is 1.78 bits per heavy atom. The van der Waals surface area contributed by atoms with Crippen molar-refractivity contribution in [1.29, 1.82) is 0 Å². The second-order valence-electron chi connectivity index (χ2n) is 7.35. The molecule has 1 aromatic heterocycles. The summed E-state index contributed by atoms with van der Waals surface area (Å²) in [5.41, 5.74) is 4.50. The molecule has 4 aromatic rings. The zero-order valence-corrected chi connectivity index (χ0v) is 18.3. The molecule has 0 bridgehead atoms. The first-order valence-electron chi connectivity index (χ1n) is 9.96. The van der Waals surface area contributed by atoms with E-state index in [1.165, 1.54) is 23.5 Å². The van der Waals surface area contributed by atoms with Gasteiger partial charge in [0.25, 0.3) is 5.69 Å². The minimum absolute atomic E-state index is 0.00529. The Morgan fingerprint density at radius 3 is 2.56 bits per heavy atom. The van der Waals surface area contributed by atoms with Gasteiger partial charge in [-0.25, -0.2) is 9.99 Å². The SMILES string of the molecule is O=[N+]([O-])c1cccc(-c2csc(N3N=C(c4cccc(Cl)c4)CC3c3ccccc3)n2)c1. The van der Waals surface area contributed by atoms with Crippen molar-refractivity contribution in [2.75, 3.05) is 5.01 Å². The van der Waals surface area contributed by atoms with Gasteiger partial charge in [-0.05, 0) is 23.3 Å². The summed E-state index contributed by atoms with van der Waals surface area (Å²) in [6.45, 7) is 0. The zero-order chi connectivity index (χ0) is 22.1. The number of benzene rings is 3. The van der Waals surface area contributed by atoms with Crippen LogP contribution in [-0.4, -0.2) is 15.6 Å². The number of halogens is 1. The van der Waals surface area contributed by atoms with E-state index in [0.29, 0.717) is 16.3 Å². The number of non-ortho nitro benzene ring substituents is 1. The highest BCUT2D eigenvalue weighted by molar-refractivity contribution is 7.14. The van der Waals surface area contributed by atoms with Crippen LogP contribution in [0.4, 0.5) is 10.8 Å². The lowest BCUT2D eigenvalue weighted by Crippen LogP contribution is -2.18. The van der Waals surface area contributed by atoms with Gasteiger partial charge in [-0.3, -0.25) is 10.1 Å². The summed E-state index contributed by atoms with van der Waals surface area (Å²) < 4.78 is 0. The smallest absolute Gasteiger partial charge is 0.258 e. The maximum Gasteiger partial charge on any atom is 0.270 e. The van der Waals surface area contributed by atoms with Gasteiger partial charge in [-0.2, -0.15) is 5.10 Å². The highest BCUT2D eigenvalue weighted by atomic mass is 35.5. The van der Waals surface area contributed by atoms with Crippen molar-refractivity contribution in [3.8, 4) is 11.3 Å². The first kappa shape index (κ1) is 20.4. The van der Waals surface area contributed by atoms with Crippen LogP contribution in [0.15, 0.2) is 89.3 Å². The van der Waals surface area contributed by atoms with Crippen LogP contribution in [0.3, 0.4) is 0 Å². The number of rotatable bonds is 5. The number of hydrogen-bond donors (Lipinski definition) is 0. The maximum absolute atomic E-state index is 11.1. The Morgan fingerprint density at radius 1 is 1.00 bits per heavy atom. The maximum atomic E-state index is 11.1. The Hall–Kier alpha value is -3.55. The van der Waals surface area contributed by atoms with E-state index < -0.39 is 4.92 Å². The number of nitro groups is 1. The molecule has 0 fully saturated rings. The predicted octanol–water partition coefficient (Wildman–Crippen LogP) is 6.73. The summed E-state index contributed by atoms with van der Waals surface area (Å²) in [4.78, 5) is 15.5. The van der Waals surface area contributed by atoms with Gasteiger partial charge in [-0.15, -0.1) is 11.3 Å². The topological polar surface area (TPSA) is 71.6 Å². The molecule has 1 atom stereocenters. The highest BCUT2D eigenvalue weighted by Gasteiger charge is 2.31. The second kappa shape index (κ2) is 8.53. The fraction of sp³-hybridized carbons (Fsp3) is 0.0833. The quantitative estimate of drug-likeness (QED) is 0.244. The molecule has 0 saturated heterocycles. The summed E-state index contributed by atoms with van der Waals surface area (Å²) in [5.74, 6) is 0. The second-order valence-corrected chi connectivity index (χ2v) is 8.63. The van der Waals surface area contributed by atoms with Crippen molar-refractivity contribution >= 4 is 39.5 Å². The number of aromatic nitrogens is 1. The minimum Gasteiger partial charge on any atom is -0.258 e. The average molecular weight is 461 g/mol. The number of thiazole rings is 1. The molecule has 5 rings (SSSR count). The summed E-state index contributed by atoms with van der Waals surface area (Å²) in [5, 5.41) is 21.3. The summed E-state index contributed by atoms with van der Waals surface area (Å²) >= 11 is 7.68. The number of nitrogens with zero attached hydrogens (tertiary/aromatic N) is 4. The molecule has 1 unspecified atom stereocenters. The molecule has 1 aliphatic heterocycles. The van der Waals surface area contributed by atoms with Gasteiger partial charge in [0, 0.05) is 34.5 Å². The van der Waals surface area contributed by atoms with Gasteiger partial charge in [0.2, 0.25) is 5.13 Å². The van der Waals surface area contributed by atoms with Crippen LogP contribution in [0.5, 0.6) is 0 Å². The third-order valence-corrected chi connectivity index (χ3v) is 6.36. The Bertz CT molecular complexity index is 1320. The molecular formula is C24H17ClN4O2S. The number of hydrazone groups is 1. The average Bonchev–Trinajstić information content (AvgIpc) is 3.47. The van der Waals surface area contributed by atoms with E-state index in [1.54, 1.807) is 6.07 Å². The third kappa shape index (κ3) is 4.00.